The van der Waals surface area contributed by atoms with E-state index >= 15 is 0 Å². The van der Waals surface area contributed by atoms with E-state index in [9.17, 15) is 4.79 Å². The van der Waals surface area contributed by atoms with Crippen LogP contribution in [0.4, 0.5) is 0 Å². The van der Waals surface area contributed by atoms with Crippen LogP contribution in [0.1, 0.15) is 13.3 Å². The highest BCUT2D eigenvalue weighted by molar-refractivity contribution is 8.02. The first-order chi connectivity index (χ1) is 8.22. The van der Waals surface area contributed by atoms with Crippen molar-refractivity contribution in [2.45, 2.75) is 29.0 Å². The van der Waals surface area contributed by atoms with Crippen LogP contribution in [0, 0.1) is 0 Å². The highest BCUT2D eigenvalue weighted by Gasteiger charge is 2.33. The molecule has 2 aromatic rings. The van der Waals surface area contributed by atoms with E-state index in [4.69, 9.17) is 4.74 Å². The zero-order valence-corrected chi connectivity index (χ0v) is 10.9. The number of benzene rings is 1. The highest BCUT2D eigenvalue weighted by Crippen LogP contribution is 2.36. The standard InChI is InChI=1S/C12H11NO2S2/c1-7-6-10(11(14)15-7)17-12-13-8-4-2-3-5-9(8)16-12/h2-5,7,10H,6H2,1H3/t7-,10-/m1/s1. The molecule has 1 aromatic carbocycles. The monoisotopic (exact) mass is 265 g/mol. The summed E-state index contributed by atoms with van der Waals surface area (Å²) >= 11 is 3.15. The third-order valence-electron chi connectivity index (χ3n) is 2.64. The molecule has 0 spiro atoms. The van der Waals surface area contributed by atoms with E-state index in [1.165, 1.54) is 11.8 Å². The van der Waals surface area contributed by atoms with Crippen molar-refractivity contribution in [3.8, 4) is 0 Å². The molecule has 0 unspecified atom stereocenters. The molecule has 0 radical (unpaired) electrons. The Morgan fingerprint density at radius 3 is 3.00 bits per heavy atom. The van der Waals surface area contributed by atoms with Gasteiger partial charge < -0.3 is 4.74 Å². The van der Waals surface area contributed by atoms with E-state index < -0.39 is 0 Å². The molecule has 1 fully saturated rings. The highest BCUT2D eigenvalue weighted by atomic mass is 32.2. The van der Waals surface area contributed by atoms with E-state index in [-0.39, 0.29) is 17.3 Å². The van der Waals surface area contributed by atoms with Gasteiger partial charge in [0.05, 0.1) is 10.2 Å². The number of cyclic esters (lactones) is 1. The molecule has 1 aliphatic rings. The van der Waals surface area contributed by atoms with Gasteiger partial charge in [0, 0.05) is 6.42 Å². The van der Waals surface area contributed by atoms with Crippen molar-refractivity contribution in [2.24, 2.45) is 0 Å². The average molecular weight is 265 g/mol. The van der Waals surface area contributed by atoms with Gasteiger partial charge in [0.2, 0.25) is 0 Å². The minimum absolute atomic E-state index is 0.0365. The number of thioether (sulfide) groups is 1. The fraction of sp³-hybridized carbons (Fsp3) is 0.333. The Balaban J connectivity index is 1.83. The number of nitrogens with zero attached hydrogens (tertiary/aromatic N) is 1. The number of para-hydroxylation sites is 1. The van der Waals surface area contributed by atoms with Crippen LogP contribution in [0.3, 0.4) is 0 Å². The van der Waals surface area contributed by atoms with Crippen molar-refractivity contribution >= 4 is 39.3 Å². The molecule has 0 amide bonds. The summed E-state index contributed by atoms with van der Waals surface area (Å²) in [5.74, 6) is -0.109. The van der Waals surface area contributed by atoms with Crippen LogP contribution in [-0.4, -0.2) is 22.3 Å². The number of hydrogen-bond donors (Lipinski definition) is 0. The molecule has 3 nitrogen and oxygen atoms in total. The molecule has 3 rings (SSSR count). The molecule has 1 saturated heterocycles. The Hall–Kier alpha value is -1.07. The van der Waals surface area contributed by atoms with Gasteiger partial charge in [-0.2, -0.15) is 0 Å². The van der Waals surface area contributed by atoms with Crippen LogP contribution in [0.15, 0.2) is 28.6 Å². The van der Waals surface area contributed by atoms with Crippen LogP contribution in [0.5, 0.6) is 0 Å². The van der Waals surface area contributed by atoms with Crippen molar-refractivity contribution in [2.75, 3.05) is 0 Å². The second-order valence-electron chi connectivity index (χ2n) is 4.04. The molecule has 2 heterocycles. The zero-order chi connectivity index (χ0) is 11.8. The molecule has 0 N–H and O–H groups in total. The second kappa shape index (κ2) is 4.31. The number of hydrogen-bond acceptors (Lipinski definition) is 5. The fourth-order valence-corrected chi connectivity index (χ4v) is 4.26. The van der Waals surface area contributed by atoms with E-state index in [0.717, 1.165) is 21.0 Å². The summed E-state index contributed by atoms with van der Waals surface area (Å²) in [6, 6.07) is 8.02. The molecule has 5 heteroatoms. The molecular weight excluding hydrogens is 254 g/mol. The largest absolute Gasteiger partial charge is 0.462 e. The molecule has 0 saturated carbocycles. The van der Waals surface area contributed by atoms with Crippen molar-refractivity contribution in [3.05, 3.63) is 24.3 Å². The minimum atomic E-state index is -0.109. The van der Waals surface area contributed by atoms with Crippen molar-refractivity contribution in [1.29, 1.82) is 0 Å². The predicted octanol–water partition coefficient (Wildman–Crippen LogP) is 3.09. The summed E-state index contributed by atoms with van der Waals surface area (Å²) < 4.78 is 7.25. The maximum atomic E-state index is 11.5. The van der Waals surface area contributed by atoms with Gasteiger partial charge in [-0.1, -0.05) is 23.9 Å². The van der Waals surface area contributed by atoms with Gasteiger partial charge in [0.1, 0.15) is 11.4 Å². The minimum Gasteiger partial charge on any atom is -0.462 e. The number of carbonyl (C=O) groups is 1. The Labute approximate surface area is 107 Å². The van der Waals surface area contributed by atoms with Crippen molar-refractivity contribution in [1.82, 2.24) is 4.98 Å². The quantitative estimate of drug-likeness (QED) is 0.782. The number of carbonyl (C=O) groups excluding carboxylic acids is 1. The van der Waals surface area contributed by atoms with Gasteiger partial charge in [-0.05, 0) is 19.1 Å². The smallest absolute Gasteiger partial charge is 0.319 e. The Bertz CT molecular complexity index is 533. The maximum Gasteiger partial charge on any atom is 0.319 e. The zero-order valence-electron chi connectivity index (χ0n) is 9.25. The summed E-state index contributed by atoms with van der Waals surface area (Å²) in [5.41, 5.74) is 0.999. The van der Waals surface area contributed by atoms with Crippen LogP contribution in [0.2, 0.25) is 0 Å². The third kappa shape index (κ3) is 2.17. The summed E-state index contributed by atoms with van der Waals surface area (Å²) in [6.45, 7) is 1.93. The lowest BCUT2D eigenvalue weighted by Gasteiger charge is -1.99. The first-order valence-corrected chi connectivity index (χ1v) is 7.15. The predicted molar refractivity (Wildman–Crippen MR) is 69.4 cm³/mol. The first-order valence-electron chi connectivity index (χ1n) is 5.45. The van der Waals surface area contributed by atoms with Gasteiger partial charge in [-0.3, -0.25) is 4.79 Å². The molecule has 1 aliphatic heterocycles. The lowest BCUT2D eigenvalue weighted by atomic mass is 10.3. The van der Waals surface area contributed by atoms with Crippen LogP contribution >= 0.6 is 23.1 Å². The summed E-state index contributed by atoms with van der Waals surface area (Å²) in [5, 5.41) is -0.0921. The van der Waals surface area contributed by atoms with Gasteiger partial charge >= 0.3 is 5.97 Å². The molecule has 0 bridgehead atoms. The number of rotatable bonds is 2. The third-order valence-corrected chi connectivity index (χ3v) is 4.98. The summed E-state index contributed by atoms with van der Waals surface area (Å²) in [4.78, 5) is 16.0. The lowest BCUT2D eigenvalue weighted by molar-refractivity contribution is -0.140. The number of fused-ring (bicyclic) bond motifs is 1. The molecule has 17 heavy (non-hydrogen) atoms. The molecule has 2 atom stereocenters. The summed E-state index contributed by atoms with van der Waals surface area (Å²) in [6.07, 6.45) is 0.814. The normalized spacial score (nSPS) is 24.2. The fourth-order valence-electron chi connectivity index (χ4n) is 1.84. The van der Waals surface area contributed by atoms with E-state index in [2.05, 4.69) is 4.98 Å². The summed E-state index contributed by atoms with van der Waals surface area (Å²) in [7, 11) is 0. The van der Waals surface area contributed by atoms with Crippen molar-refractivity contribution < 1.29 is 9.53 Å². The Kier molecular flexibility index (Phi) is 2.80. The first kappa shape index (κ1) is 11.0. The number of ether oxygens (including phenoxy) is 1. The lowest BCUT2D eigenvalue weighted by Crippen LogP contribution is -2.08. The second-order valence-corrected chi connectivity index (χ2v) is 6.52. The SMILES string of the molecule is C[C@@H]1C[C@@H](Sc2nc3ccccc3s2)C(=O)O1. The van der Waals surface area contributed by atoms with Gasteiger partial charge in [-0.25, -0.2) is 4.98 Å². The number of aromatic nitrogens is 1. The molecular formula is C12H11NO2S2. The van der Waals surface area contributed by atoms with Crippen LogP contribution < -0.4 is 0 Å². The van der Waals surface area contributed by atoms with Crippen LogP contribution in [-0.2, 0) is 9.53 Å². The van der Waals surface area contributed by atoms with Gasteiger partial charge in [0.15, 0.2) is 4.34 Å². The molecule has 88 valence electrons. The molecule has 1 aromatic heterocycles. The van der Waals surface area contributed by atoms with Crippen molar-refractivity contribution in [3.63, 3.8) is 0 Å². The van der Waals surface area contributed by atoms with E-state index in [1.807, 2.05) is 31.2 Å². The maximum absolute atomic E-state index is 11.5. The van der Waals surface area contributed by atoms with Crippen LogP contribution in [0.25, 0.3) is 10.2 Å². The van der Waals surface area contributed by atoms with E-state index in [0.29, 0.717) is 0 Å². The Morgan fingerprint density at radius 2 is 2.29 bits per heavy atom. The number of thiazole rings is 1. The topological polar surface area (TPSA) is 39.2 Å². The van der Waals surface area contributed by atoms with Gasteiger partial charge in [-0.15, -0.1) is 11.3 Å². The molecule has 0 aliphatic carbocycles. The number of esters is 1. The van der Waals surface area contributed by atoms with Gasteiger partial charge in [0.25, 0.3) is 0 Å². The Morgan fingerprint density at radius 1 is 1.47 bits per heavy atom. The van der Waals surface area contributed by atoms with E-state index in [1.54, 1.807) is 11.3 Å². The average Bonchev–Trinajstić information content (AvgIpc) is 2.82.